The van der Waals surface area contributed by atoms with Crippen molar-refractivity contribution < 1.29 is 9.90 Å². The summed E-state index contributed by atoms with van der Waals surface area (Å²) >= 11 is 0. The van der Waals surface area contributed by atoms with Crippen LogP contribution in [0.15, 0.2) is 0 Å². The van der Waals surface area contributed by atoms with E-state index in [0.29, 0.717) is 31.5 Å². The summed E-state index contributed by atoms with van der Waals surface area (Å²) in [5, 5.41) is 21.4. The van der Waals surface area contributed by atoms with Crippen LogP contribution in [0.3, 0.4) is 0 Å². The highest BCUT2D eigenvalue weighted by molar-refractivity contribution is 5.78. The van der Waals surface area contributed by atoms with Gasteiger partial charge in [-0.3, -0.25) is 9.69 Å². The number of piperidine rings is 1. The monoisotopic (exact) mass is 279 g/mol. The van der Waals surface area contributed by atoms with Crippen molar-refractivity contribution in [2.24, 2.45) is 5.92 Å². The molecule has 1 amide bonds. The molecule has 20 heavy (non-hydrogen) atoms. The maximum Gasteiger partial charge on any atom is 0.234 e. The van der Waals surface area contributed by atoms with Crippen LogP contribution >= 0.6 is 0 Å². The largest absolute Gasteiger partial charge is 0.393 e. The highest BCUT2D eigenvalue weighted by atomic mass is 16.3. The van der Waals surface area contributed by atoms with Crippen LogP contribution in [0.2, 0.25) is 0 Å². The number of aliphatic hydroxyl groups is 1. The summed E-state index contributed by atoms with van der Waals surface area (Å²) in [5.41, 5.74) is 0. The minimum atomic E-state index is -0.192. The number of amides is 1. The average Bonchev–Trinajstić information content (AvgIpc) is 2.86. The number of nitrogens with zero attached hydrogens (tertiary/aromatic N) is 2. The minimum Gasteiger partial charge on any atom is -0.393 e. The maximum atomic E-state index is 11.9. The molecule has 5 heteroatoms. The van der Waals surface area contributed by atoms with E-state index in [1.807, 2.05) is 6.07 Å². The summed E-state index contributed by atoms with van der Waals surface area (Å²) in [6, 6.07) is 2.37. The van der Waals surface area contributed by atoms with Gasteiger partial charge in [-0.15, -0.1) is 0 Å². The lowest BCUT2D eigenvalue weighted by Gasteiger charge is -2.39. The molecule has 2 fully saturated rings. The molecule has 1 saturated carbocycles. The van der Waals surface area contributed by atoms with Gasteiger partial charge in [0.2, 0.25) is 5.91 Å². The lowest BCUT2D eigenvalue weighted by Crippen LogP contribution is -2.50. The minimum absolute atomic E-state index is 0.000336. The highest BCUT2D eigenvalue weighted by Crippen LogP contribution is 2.34. The molecule has 2 aliphatic rings. The van der Waals surface area contributed by atoms with Crippen molar-refractivity contribution in [3.63, 3.8) is 0 Å². The third-order valence-electron chi connectivity index (χ3n) is 4.60. The van der Waals surface area contributed by atoms with Crippen LogP contribution in [-0.4, -0.2) is 47.7 Å². The van der Waals surface area contributed by atoms with Gasteiger partial charge in [-0.25, -0.2) is 0 Å². The predicted molar refractivity (Wildman–Crippen MR) is 75.8 cm³/mol. The third-order valence-corrected chi connectivity index (χ3v) is 4.60. The van der Waals surface area contributed by atoms with E-state index in [0.717, 1.165) is 38.6 Å². The van der Waals surface area contributed by atoms with Gasteiger partial charge >= 0.3 is 0 Å². The molecule has 1 heterocycles. The molecule has 3 atom stereocenters. The molecule has 0 spiro atoms. The molecule has 0 radical (unpaired) electrons. The fraction of sp³-hybridized carbons (Fsp3) is 0.867. The third kappa shape index (κ3) is 3.94. The van der Waals surface area contributed by atoms with E-state index in [9.17, 15) is 9.90 Å². The molecular formula is C15H25N3O2. The number of nitriles is 1. The summed E-state index contributed by atoms with van der Waals surface area (Å²) in [6.45, 7) is 1.78. The van der Waals surface area contributed by atoms with Crippen LogP contribution in [-0.2, 0) is 4.79 Å². The zero-order valence-corrected chi connectivity index (χ0v) is 12.1. The fourth-order valence-corrected chi connectivity index (χ4v) is 3.61. The summed E-state index contributed by atoms with van der Waals surface area (Å²) in [5.74, 6) is 0.335. The molecule has 5 nitrogen and oxygen atoms in total. The van der Waals surface area contributed by atoms with Crippen molar-refractivity contribution in [1.29, 1.82) is 5.26 Å². The van der Waals surface area contributed by atoms with Gasteiger partial charge < -0.3 is 10.4 Å². The van der Waals surface area contributed by atoms with E-state index in [2.05, 4.69) is 10.2 Å². The molecule has 1 saturated heterocycles. The molecule has 2 rings (SSSR count). The normalized spacial score (nSPS) is 30.9. The van der Waals surface area contributed by atoms with Crippen molar-refractivity contribution in [2.45, 2.75) is 57.1 Å². The number of carbonyl (C=O) groups excluding carboxylic acids is 1. The highest BCUT2D eigenvalue weighted by Gasteiger charge is 2.37. The first-order chi connectivity index (χ1) is 9.72. The van der Waals surface area contributed by atoms with Crippen molar-refractivity contribution in [3.05, 3.63) is 0 Å². The zero-order chi connectivity index (χ0) is 14.4. The molecule has 112 valence electrons. The second-order valence-corrected chi connectivity index (χ2v) is 5.95. The summed E-state index contributed by atoms with van der Waals surface area (Å²) in [7, 11) is 0. The first-order valence-corrected chi connectivity index (χ1v) is 7.78. The standard InChI is InChI=1S/C15H25N3O2/c16-8-4-9-17-15(20)11-18-10-2-1-6-13(18)12-5-3-7-14(12)19/h12-14,19H,1-7,9-11H2,(H,17,20). The first-order valence-electron chi connectivity index (χ1n) is 7.78. The summed E-state index contributed by atoms with van der Waals surface area (Å²) in [4.78, 5) is 14.1. The Bertz CT molecular complexity index is 367. The van der Waals surface area contributed by atoms with Crippen LogP contribution < -0.4 is 5.32 Å². The van der Waals surface area contributed by atoms with Gasteiger partial charge in [-0.2, -0.15) is 5.26 Å². The maximum absolute atomic E-state index is 11.9. The van der Waals surface area contributed by atoms with Crippen LogP contribution in [0.25, 0.3) is 0 Å². The average molecular weight is 279 g/mol. The molecular weight excluding hydrogens is 254 g/mol. The van der Waals surface area contributed by atoms with E-state index in [4.69, 9.17) is 5.26 Å². The molecule has 1 aliphatic heterocycles. The molecule has 0 aromatic rings. The number of hydrogen-bond donors (Lipinski definition) is 2. The van der Waals surface area contributed by atoms with Gasteiger partial charge in [0.25, 0.3) is 0 Å². The number of hydrogen-bond acceptors (Lipinski definition) is 4. The lowest BCUT2D eigenvalue weighted by molar-refractivity contribution is -0.123. The Labute approximate surface area is 120 Å². The van der Waals surface area contributed by atoms with E-state index >= 15 is 0 Å². The second-order valence-electron chi connectivity index (χ2n) is 5.95. The Morgan fingerprint density at radius 3 is 2.85 bits per heavy atom. The van der Waals surface area contributed by atoms with Crippen LogP contribution in [0.4, 0.5) is 0 Å². The van der Waals surface area contributed by atoms with Gasteiger partial charge in [-0.1, -0.05) is 12.8 Å². The Morgan fingerprint density at radius 2 is 2.15 bits per heavy atom. The van der Waals surface area contributed by atoms with E-state index in [1.165, 1.54) is 6.42 Å². The molecule has 2 N–H and O–H groups in total. The molecule has 0 aromatic carbocycles. The Morgan fingerprint density at radius 1 is 1.30 bits per heavy atom. The molecule has 1 aliphatic carbocycles. The van der Waals surface area contributed by atoms with Crippen molar-refractivity contribution in [2.75, 3.05) is 19.6 Å². The van der Waals surface area contributed by atoms with Crippen LogP contribution in [0.1, 0.15) is 44.9 Å². The van der Waals surface area contributed by atoms with Gasteiger partial charge in [0.15, 0.2) is 0 Å². The lowest BCUT2D eigenvalue weighted by atomic mass is 9.88. The smallest absolute Gasteiger partial charge is 0.234 e. The van der Waals surface area contributed by atoms with E-state index < -0.39 is 0 Å². The number of nitrogens with one attached hydrogen (secondary N) is 1. The summed E-state index contributed by atoms with van der Waals surface area (Å²) in [6.07, 6.45) is 6.67. The van der Waals surface area contributed by atoms with E-state index in [1.54, 1.807) is 0 Å². The molecule has 3 unspecified atom stereocenters. The number of aliphatic hydroxyl groups excluding tert-OH is 1. The molecule has 0 aromatic heterocycles. The van der Waals surface area contributed by atoms with Crippen LogP contribution in [0, 0.1) is 17.2 Å². The topological polar surface area (TPSA) is 76.4 Å². The van der Waals surface area contributed by atoms with Gasteiger partial charge in [0.05, 0.1) is 25.1 Å². The van der Waals surface area contributed by atoms with Crippen molar-refractivity contribution >= 4 is 5.91 Å². The van der Waals surface area contributed by atoms with Crippen molar-refractivity contribution in [3.8, 4) is 6.07 Å². The molecule has 0 bridgehead atoms. The van der Waals surface area contributed by atoms with Gasteiger partial charge in [-0.05, 0) is 32.2 Å². The number of carbonyl (C=O) groups is 1. The number of rotatable bonds is 5. The van der Waals surface area contributed by atoms with Crippen molar-refractivity contribution in [1.82, 2.24) is 10.2 Å². The number of likely N-dealkylation sites (tertiary alicyclic amines) is 1. The van der Waals surface area contributed by atoms with Gasteiger partial charge in [0.1, 0.15) is 0 Å². The van der Waals surface area contributed by atoms with Crippen LogP contribution in [0.5, 0.6) is 0 Å². The quantitative estimate of drug-likeness (QED) is 0.737. The van der Waals surface area contributed by atoms with Gasteiger partial charge in [0, 0.05) is 18.5 Å². The Kier molecular flexibility index (Phi) is 5.81. The summed E-state index contributed by atoms with van der Waals surface area (Å²) < 4.78 is 0. The predicted octanol–water partition coefficient (Wildman–Crippen LogP) is 1.03. The Balaban J connectivity index is 1.87. The Hall–Kier alpha value is -1.12. The SMILES string of the molecule is N#CCCNC(=O)CN1CCCCC1C1CCCC1O. The zero-order valence-electron chi connectivity index (χ0n) is 12.1. The van der Waals surface area contributed by atoms with E-state index in [-0.39, 0.29) is 12.0 Å². The fourth-order valence-electron chi connectivity index (χ4n) is 3.61. The second kappa shape index (κ2) is 7.61. The first kappa shape index (κ1) is 15.3.